The monoisotopic (exact) mass is 590 g/mol. The lowest BCUT2D eigenvalue weighted by Gasteiger charge is -2.31. The largest absolute Gasteiger partial charge is 0.435 e. The van der Waals surface area contributed by atoms with Gasteiger partial charge < -0.3 is 5.32 Å². The van der Waals surface area contributed by atoms with E-state index < -0.39 is 78.7 Å². The number of alkyl halides is 10. The van der Waals surface area contributed by atoms with E-state index in [-0.39, 0.29) is 6.07 Å². The molecule has 0 bridgehead atoms. The molecule has 2 aromatic carbocycles. The van der Waals surface area contributed by atoms with E-state index in [2.05, 4.69) is 15.9 Å². The Morgan fingerprint density at radius 1 is 0.971 bits per heavy atom. The highest BCUT2D eigenvalue weighted by atomic mass is 79.9. The van der Waals surface area contributed by atoms with Gasteiger partial charge in [0.1, 0.15) is 5.02 Å². The molecular formula is C17H6BrClF10N2O3. The first kappa shape index (κ1) is 27.6. The zero-order valence-electron chi connectivity index (χ0n) is 15.6. The molecule has 1 N–H and O–H groups in total. The zero-order chi connectivity index (χ0) is 26.4. The Hall–Kier alpha value is -2.62. The summed E-state index contributed by atoms with van der Waals surface area (Å²) in [7, 11) is 0. The average molecular weight is 592 g/mol. The number of hydrogen-bond acceptors (Lipinski definition) is 3. The number of nitrogens with one attached hydrogen (secondary N) is 1. The second-order valence-electron chi connectivity index (χ2n) is 6.38. The van der Waals surface area contributed by atoms with Crippen molar-refractivity contribution in [1.82, 2.24) is 0 Å². The van der Waals surface area contributed by atoms with Crippen molar-refractivity contribution in [3.8, 4) is 0 Å². The Labute approximate surface area is 195 Å². The Morgan fingerprint density at radius 3 is 1.94 bits per heavy atom. The van der Waals surface area contributed by atoms with Gasteiger partial charge in [0.05, 0.1) is 21.7 Å². The van der Waals surface area contributed by atoms with E-state index in [0.29, 0.717) is 0 Å². The molecule has 1 amide bonds. The molecule has 2 aromatic rings. The molecule has 0 aromatic heterocycles. The van der Waals surface area contributed by atoms with Crippen LogP contribution >= 0.6 is 27.5 Å². The van der Waals surface area contributed by atoms with Crippen molar-refractivity contribution >= 4 is 44.8 Å². The number of halogens is 12. The van der Waals surface area contributed by atoms with Gasteiger partial charge in [0, 0.05) is 16.1 Å². The molecule has 0 heterocycles. The first-order valence-corrected chi connectivity index (χ1v) is 9.38. The number of anilines is 1. The second-order valence-corrected chi connectivity index (χ2v) is 7.61. The fraction of sp³-hybridized carbons (Fsp3) is 0.235. The average Bonchev–Trinajstić information content (AvgIpc) is 2.65. The van der Waals surface area contributed by atoms with Crippen LogP contribution in [0.1, 0.15) is 21.5 Å². The molecule has 0 fully saturated rings. The number of benzene rings is 2. The number of rotatable bonds is 4. The summed E-state index contributed by atoms with van der Waals surface area (Å²) in [5.74, 6) is -1.54. The first-order chi connectivity index (χ1) is 15.2. The molecular weight excluding hydrogens is 586 g/mol. The minimum absolute atomic E-state index is 0.235. The van der Waals surface area contributed by atoms with Crippen LogP contribution in [0, 0.1) is 10.1 Å². The number of nitro groups is 1. The summed E-state index contributed by atoms with van der Waals surface area (Å²) in [5.41, 5.74) is -13.9. The summed E-state index contributed by atoms with van der Waals surface area (Å²) in [4.78, 5) is 22.3. The van der Waals surface area contributed by atoms with E-state index in [1.54, 1.807) is 5.32 Å². The molecule has 186 valence electrons. The minimum Gasteiger partial charge on any atom is -0.320 e. The van der Waals surface area contributed by atoms with Crippen LogP contribution in [0.3, 0.4) is 0 Å². The van der Waals surface area contributed by atoms with E-state index in [9.17, 15) is 58.8 Å². The quantitative estimate of drug-likeness (QED) is 0.227. The zero-order valence-corrected chi connectivity index (χ0v) is 17.9. The van der Waals surface area contributed by atoms with Crippen molar-refractivity contribution in [2.24, 2.45) is 0 Å². The highest BCUT2D eigenvalue weighted by molar-refractivity contribution is 9.10. The van der Waals surface area contributed by atoms with Gasteiger partial charge in [0.2, 0.25) is 0 Å². The Balaban J connectivity index is 2.72. The predicted octanol–water partition coefficient (Wildman–Crippen LogP) is 7.57. The molecule has 0 radical (unpaired) electrons. The number of nitro benzene ring substituents is 1. The maximum absolute atomic E-state index is 14.3. The molecule has 0 aliphatic heterocycles. The molecule has 5 nitrogen and oxygen atoms in total. The van der Waals surface area contributed by atoms with E-state index in [4.69, 9.17) is 11.6 Å². The predicted molar refractivity (Wildman–Crippen MR) is 100 cm³/mol. The molecule has 17 heteroatoms. The molecule has 0 saturated carbocycles. The summed E-state index contributed by atoms with van der Waals surface area (Å²) in [6.45, 7) is 0. The van der Waals surface area contributed by atoms with Crippen LogP contribution in [0.15, 0.2) is 34.8 Å². The van der Waals surface area contributed by atoms with E-state index in [0.717, 1.165) is 18.2 Å². The van der Waals surface area contributed by atoms with Crippen molar-refractivity contribution < 1.29 is 53.6 Å². The summed E-state index contributed by atoms with van der Waals surface area (Å²) >= 11 is 8.00. The van der Waals surface area contributed by atoms with Gasteiger partial charge in [0.15, 0.2) is 0 Å². The second kappa shape index (κ2) is 8.87. The number of nitrogens with zero attached hydrogens (tertiary/aromatic N) is 1. The summed E-state index contributed by atoms with van der Waals surface area (Å²) in [5, 5.41) is 11.7. The Kier molecular flexibility index (Phi) is 7.20. The number of amides is 1. The standard InChI is InChI=1S/C17H6BrClF10N2O3/c18-9-5-6(14(20,16(24,25)26)17(27,28)29)4-8(15(21,22)23)12(9)30-13(32)7-2-1-3-10(11(7)19)31(33)34/h1-5H,(H,30,32). The van der Waals surface area contributed by atoms with Crippen molar-refractivity contribution in [3.05, 3.63) is 66.6 Å². The molecule has 0 spiro atoms. The molecule has 0 saturated heterocycles. The lowest BCUT2D eigenvalue weighted by atomic mass is 9.92. The highest BCUT2D eigenvalue weighted by Gasteiger charge is 2.73. The fourth-order valence-corrected chi connectivity index (χ4v) is 3.50. The highest BCUT2D eigenvalue weighted by Crippen LogP contribution is 2.55. The van der Waals surface area contributed by atoms with Crippen LogP contribution in [0.25, 0.3) is 0 Å². The Morgan fingerprint density at radius 2 is 1.50 bits per heavy atom. The molecule has 0 aliphatic carbocycles. The summed E-state index contributed by atoms with van der Waals surface area (Å²) in [6, 6.07) is 1.64. The van der Waals surface area contributed by atoms with Crippen molar-refractivity contribution in [2.75, 3.05) is 5.32 Å². The van der Waals surface area contributed by atoms with Gasteiger partial charge >= 0.3 is 24.2 Å². The fourth-order valence-electron chi connectivity index (χ4n) is 2.66. The van der Waals surface area contributed by atoms with Gasteiger partial charge in [-0.05, 0) is 34.1 Å². The molecule has 0 unspecified atom stereocenters. The van der Waals surface area contributed by atoms with Crippen molar-refractivity contribution in [2.45, 2.75) is 24.2 Å². The van der Waals surface area contributed by atoms with Crippen LogP contribution in [0.2, 0.25) is 5.02 Å². The summed E-state index contributed by atoms with van der Waals surface area (Å²) in [6.07, 6.45) is -19.1. The third-order valence-electron chi connectivity index (χ3n) is 4.23. The SMILES string of the molecule is O=C(Nc1c(Br)cc(C(F)(C(F)(F)F)C(F)(F)F)cc1C(F)(F)F)c1cccc([N+](=O)[O-])c1Cl. The smallest absolute Gasteiger partial charge is 0.320 e. The third-order valence-corrected chi connectivity index (χ3v) is 5.26. The third kappa shape index (κ3) is 4.92. The van der Waals surface area contributed by atoms with Gasteiger partial charge in [-0.25, -0.2) is 4.39 Å². The number of carbonyl (C=O) groups is 1. The Bertz CT molecular complexity index is 1130. The molecule has 0 atom stereocenters. The minimum atomic E-state index is -6.70. The van der Waals surface area contributed by atoms with E-state index >= 15 is 0 Å². The number of carbonyl (C=O) groups excluding carboxylic acids is 1. The van der Waals surface area contributed by atoms with Crippen LogP contribution in [0.5, 0.6) is 0 Å². The summed E-state index contributed by atoms with van der Waals surface area (Å²) < 4.78 is 132. The van der Waals surface area contributed by atoms with Gasteiger partial charge in [-0.3, -0.25) is 14.9 Å². The lowest BCUT2D eigenvalue weighted by molar-refractivity contribution is -0.384. The van der Waals surface area contributed by atoms with Gasteiger partial charge in [-0.2, -0.15) is 39.5 Å². The van der Waals surface area contributed by atoms with Crippen LogP contribution in [-0.2, 0) is 11.8 Å². The van der Waals surface area contributed by atoms with Crippen LogP contribution in [0.4, 0.5) is 55.3 Å². The number of hydrogen-bond donors (Lipinski definition) is 1. The lowest BCUT2D eigenvalue weighted by Crippen LogP contribution is -2.50. The maximum Gasteiger partial charge on any atom is 0.435 e. The van der Waals surface area contributed by atoms with Crippen LogP contribution < -0.4 is 5.32 Å². The topological polar surface area (TPSA) is 72.2 Å². The molecule has 2 rings (SSSR count). The molecule has 0 aliphatic rings. The van der Waals surface area contributed by atoms with Crippen LogP contribution in [-0.4, -0.2) is 23.2 Å². The van der Waals surface area contributed by atoms with E-state index in [1.165, 1.54) is 0 Å². The van der Waals surface area contributed by atoms with Gasteiger partial charge in [-0.15, -0.1) is 0 Å². The van der Waals surface area contributed by atoms with E-state index in [1.807, 2.05) is 0 Å². The molecule has 34 heavy (non-hydrogen) atoms. The van der Waals surface area contributed by atoms with Gasteiger partial charge in [-0.1, -0.05) is 17.7 Å². The maximum atomic E-state index is 14.3. The van der Waals surface area contributed by atoms with Crippen molar-refractivity contribution in [3.63, 3.8) is 0 Å². The van der Waals surface area contributed by atoms with Crippen molar-refractivity contribution in [1.29, 1.82) is 0 Å². The normalized spacial score (nSPS) is 13.1. The van der Waals surface area contributed by atoms with Gasteiger partial charge in [0.25, 0.3) is 11.6 Å². The first-order valence-electron chi connectivity index (χ1n) is 8.21.